The highest BCUT2D eigenvalue weighted by atomic mass is 16.8. The van der Waals surface area contributed by atoms with Crippen molar-refractivity contribution in [2.24, 2.45) is 17.2 Å². The van der Waals surface area contributed by atoms with E-state index in [0.29, 0.717) is 0 Å². The average Bonchev–Trinajstić information content (AvgIpc) is 2.79. The van der Waals surface area contributed by atoms with E-state index in [1.165, 1.54) is 0 Å². The molecule has 34 heavy (non-hydrogen) atoms. The first kappa shape index (κ1) is 28.7. The van der Waals surface area contributed by atoms with E-state index in [-0.39, 0.29) is 0 Å². The van der Waals surface area contributed by atoms with Crippen molar-refractivity contribution in [2.75, 3.05) is 13.2 Å². The van der Waals surface area contributed by atoms with Crippen LogP contribution >= 0.6 is 0 Å². The van der Waals surface area contributed by atoms with Crippen molar-refractivity contribution < 1.29 is 69.4 Å². The van der Waals surface area contributed by atoms with E-state index < -0.39 is 105 Å². The minimum absolute atomic E-state index is 0.489. The van der Waals surface area contributed by atoms with Crippen LogP contribution in [0.1, 0.15) is 12.8 Å². The van der Waals surface area contributed by atoms with E-state index >= 15 is 0 Å². The van der Waals surface area contributed by atoms with E-state index in [2.05, 4.69) is 0 Å². The monoisotopic (exact) mass is 501 g/mol. The van der Waals surface area contributed by atoms with Gasteiger partial charge in [-0.1, -0.05) is 0 Å². The Kier molecular flexibility index (Phi) is 9.27. The Morgan fingerprint density at radius 2 is 1.24 bits per heavy atom. The molecule has 2 unspecified atom stereocenters. The van der Waals surface area contributed by atoms with Gasteiger partial charge in [-0.2, -0.15) is 0 Å². The van der Waals surface area contributed by atoms with Crippen LogP contribution in [0.25, 0.3) is 0 Å². The molecule has 2 rings (SSSR count). The van der Waals surface area contributed by atoms with Crippen LogP contribution in [-0.4, -0.2) is 133 Å². The molecule has 0 spiro atoms. The van der Waals surface area contributed by atoms with Crippen molar-refractivity contribution in [1.29, 1.82) is 0 Å². The second-order valence-corrected chi connectivity index (χ2v) is 7.99. The summed E-state index contributed by atoms with van der Waals surface area (Å²) in [6, 6.07) is -5.25. The summed E-state index contributed by atoms with van der Waals surface area (Å²) in [6.45, 7) is -1.71. The maximum absolute atomic E-state index is 12.2. The molecule has 2 heterocycles. The zero-order valence-corrected chi connectivity index (χ0v) is 17.8. The normalized spacial score (nSPS) is 43.7. The number of hydrogen-bond acceptors (Lipinski definition) is 17. The molecule has 0 saturated carbocycles. The van der Waals surface area contributed by atoms with Crippen LogP contribution < -0.4 is 17.2 Å². The van der Waals surface area contributed by atoms with Gasteiger partial charge in [0.2, 0.25) is 0 Å². The topological polar surface area (TPSA) is 311 Å². The summed E-state index contributed by atoms with van der Waals surface area (Å²) in [6.07, 6.45) is -11.2. The predicted molar refractivity (Wildman–Crippen MR) is 103 cm³/mol. The molecule has 0 aliphatic carbocycles. The van der Waals surface area contributed by atoms with Gasteiger partial charge in [0.15, 0.2) is 0 Å². The summed E-state index contributed by atoms with van der Waals surface area (Å²) in [7, 11) is 0. The van der Waals surface area contributed by atoms with Gasteiger partial charge in [0.25, 0.3) is 0 Å². The summed E-state index contributed by atoms with van der Waals surface area (Å²) < 4.78 is 19.2. The van der Waals surface area contributed by atoms with Crippen molar-refractivity contribution in [1.82, 2.24) is 0 Å². The highest BCUT2D eigenvalue weighted by molar-refractivity contribution is 5.77. The lowest BCUT2D eigenvalue weighted by molar-refractivity contribution is -0.407. The first-order chi connectivity index (χ1) is 15.7. The largest absolute Gasteiger partial charge is 0.406 e. The maximum atomic E-state index is 12.2. The number of ether oxygens (including phenoxy) is 4. The standard InChI is InChI=1S/C17H31N3O14/c18-5(15(28)34-17(30)14(20)12(27)10(25)7(4-22)32-17)1-2-8(23)33-16(29)13(19)11(26)9(24)6(3-21)31-16/h5-7,9-14,21-22,24-27,29-30H,1-4,18-20H2/t5-,6-,7+,9-,10+,11+,12-,13-,14+,16?,17?/m0/s1. The van der Waals surface area contributed by atoms with Gasteiger partial charge in [0.05, 0.1) is 13.2 Å². The molecule has 198 valence electrons. The lowest BCUT2D eigenvalue weighted by atomic mass is 9.96. The fourth-order valence-corrected chi connectivity index (χ4v) is 3.33. The summed E-state index contributed by atoms with van der Waals surface area (Å²) >= 11 is 0. The predicted octanol–water partition coefficient (Wildman–Crippen LogP) is -7.65. The molecular weight excluding hydrogens is 470 g/mol. The fraction of sp³-hybridized carbons (Fsp3) is 0.882. The van der Waals surface area contributed by atoms with Crippen LogP contribution in [0.15, 0.2) is 0 Å². The van der Waals surface area contributed by atoms with Crippen molar-refractivity contribution in [3.63, 3.8) is 0 Å². The van der Waals surface area contributed by atoms with Crippen molar-refractivity contribution in [3.05, 3.63) is 0 Å². The third-order valence-electron chi connectivity index (χ3n) is 5.51. The third kappa shape index (κ3) is 5.79. The van der Waals surface area contributed by atoms with Gasteiger partial charge < -0.3 is 77.0 Å². The Hall–Kier alpha value is -1.58. The Bertz CT molecular complexity index is 728. The highest BCUT2D eigenvalue weighted by Crippen LogP contribution is 2.30. The first-order valence-corrected chi connectivity index (χ1v) is 10.2. The van der Waals surface area contributed by atoms with E-state index in [9.17, 15) is 45.3 Å². The smallest absolute Gasteiger partial charge is 0.346 e. The molecule has 14 N–H and O–H groups in total. The molecule has 0 aromatic carbocycles. The van der Waals surface area contributed by atoms with Crippen LogP contribution in [0.2, 0.25) is 0 Å². The Morgan fingerprint density at radius 3 is 1.65 bits per heavy atom. The number of nitrogens with two attached hydrogens (primary N) is 3. The lowest BCUT2D eigenvalue weighted by Gasteiger charge is -2.44. The molecule has 2 fully saturated rings. The average molecular weight is 501 g/mol. The zero-order chi connectivity index (χ0) is 26.0. The molecule has 17 heteroatoms. The molecule has 2 aliphatic heterocycles. The van der Waals surface area contributed by atoms with Gasteiger partial charge in [0, 0.05) is 6.42 Å². The van der Waals surface area contributed by atoms with E-state index in [1.807, 2.05) is 0 Å². The Balaban J connectivity index is 1.94. The van der Waals surface area contributed by atoms with E-state index in [1.54, 1.807) is 0 Å². The number of aliphatic hydroxyl groups excluding tert-OH is 6. The second kappa shape index (κ2) is 11.0. The molecule has 0 amide bonds. The highest BCUT2D eigenvalue weighted by Gasteiger charge is 2.56. The molecule has 2 aliphatic rings. The molecular formula is C17H31N3O14. The summed E-state index contributed by atoms with van der Waals surface area (Å²) in [5.74, 6) is -8.45. The summed E-state index contributed by atoms with van der Waals surface area (Å²) in [5, 5.41) is 78.2. The van der Waals surface area contributed by atoms with Gasteiger partial charge in [-0.3, -0.25) is 9.59 Å². The molecule has 0 bridgehead atoms. The minimum atomic E-state index is -2.96. The van der Waals surface area contributed by atoms with E-state index in [0.717, 1.165) is 0 Å². The Morgan fingerprint density at radius 1 is 0.824 bits per heavy atom. The molecule has 0 aromatic rings. The fourth-order valence-electron chi connectivity index (χ4n) is 3.33. The third-order valence-corrected chi connectivity index (χ3v) is 5.51. The Labute approximate surface area is 192 Å². The molecule has 0 radical (unpaired) electrons. The summed E-state index contributed by atoms with van der Waals surface area (Å²) in [5.41, 5.74) is 16.7. The van der Waals surface area contributed by atoms with Crippen molar-refractivity contribution >= 4 is 11.9 Å². The molecule has 0 aromatic heterocycles. The van der Waals surface area contributed by atoms with Gasteiger partial charge >= 0.3 is 23.9 Å². The van der Waals surface area contributed by atoms with Crippen molar-refractivity contribution in [2.45, 2.75) is 79.5 Å². The second-order valence-electron chi connectivity index (χ2n) is 7.99. The SMILES string of the molecule is N[C@@H]1[C@@H](O)[C@H](O)[C@@H](CO)OC1(O)OC(=O)[C@@H](N)CCC(=O)OC1(O)O[C@@H](CO)[C@H](O)[C@@H](O)[C@@H]1N. The number of aliphatic hydroxyl groups is 8. The quantitative estimate of drug-likeness (QED) is 0.109. The van der Waals surface area contributed by atoms with Crippen LogP contribution in [0, 0.1) is 0 Å². The number of esters is 2. The van der Waals surface area contributed by atoms with Crippen molar-refractivity contribution in [3.8, 4) is 0 Å². The maximum Gasteiger partial charge on any atom is 0.346 e. The van der Waals surface area contributed by atoms with E-state index in [4.69, 9.17) is 41.3 Å². The number of carbonyl (C=O) groups excluding carboxylic acids is 2. The number of hydrogen-bond donors (Lipinski definition) is 11. The van der Waals surface area contributed by atoms with Crippen LogP contribution in [0.3, 0.4) is 0 Å². The molecule has 2 saturated heterocycles. The lowest BCUT2D eigenvalue weighted by Crippen LogP contribution is -2.70. The van der Waals surface area contributed by atoms with Crippen LogP contribution in [-0.2, 0) is 28.5 Å². The first-order valence-electron chi connectivity index (χ1n) is 10.2. The zero-order valence-electron chi connectivity index (χ0n) is 17.8. The van der Waals surface area contributed by atoms with Gasteiger partial charge in [-0.05, 0) is 6.42 Å². The number of carbonyl (C=O) groups is 2. The number of rotatable bonds is 8. The molecule has 11 atom stereocenters. The van der Waals surface area contributed by atoms with Crippen LogP contribution in [0.5, 0.6) is 0 Å². The van der Waals surface area contributed by atoms with Gasteiger partial charge in [-0.25, -0.2) is 0 Å². The minimum Gasteiger partial charge on any atom is -0.406 e. The van der Waals surface area contributed by atoms with Crippen LogP contribution in [0.4, 0.5) is 0 Å². The van der Waals surface area contributed by atoms with Gasteiger partial charge in [-0.15, -0.1) is 0 Å². The summed E-state index contributed by atoms with van der Waals surface area (Å²) in [4.78, 5) is 24.4. The van der Waals surface area contributed by atoms with Gasteiger partial charge in [0.1, 0.15) is 54.7 Å². The molecule has 17 nitrogen and oxygen atoms in total.